The van der Waals surface area contributed by atoms with Gasteiger partial charge in [-0.15, -0.1) is 0 Å². The van der Waals surface area contributed by atoms with Crippen LogP contribution in [0.25, 0.3) is 0 Å². The number of methoxy groups -OCH3 is 1. The van der Waals surface area contributed by atoms with Crippen LogP contribution in [0.1, 0.15) is 24.1 Å². The molecule has 0 aliphatic heterocycles. The molecular formula is C15H20FN3O. The summed E-state index contributed by atoms with van der Waals surface area (Å²) in [4.78, 5) is 0. The zero-order valence-corrected chi connectivity index (χ0v) is 12.1. The van der Waals surface area contributed by atoms with Gasteiger partial charge in [0, 0.05) is 30.9 Å². The van der Waals surface area contributed by atoms with Crippen molar-refractivity contribution in [2.45, 2.75) is 19.4 Å². The molecule has 0 saturated heterocycles. The van der Waals surface area contributed by atoms with Crippen LogP contribution in [0, 0.1) is 5.82 Å². The molecule has 108 valence electrons. The van der Waals surface area contributed by atoms with Crippen molar-refractivity contribution in [2.24, 2.45) is 7.05 Å². The van der Waals surface area contributed by atoms with Crippen LogP contribution in [0.3, 0.4) is 0 Å². The maximum Gasteiger partial charge on any atom is 0.131 e. The highest BCUT2D eigenvalue weighted by atomic mass is 19.1. The summed E-state index contributed by atoms with van der Waals surface area (Å²) >= 11 is 0. The van der Waals surface area contributed by atoms with Crippen LogP contribution in [-0.2, 0) is 13.5 Å². The van der Waals surface area contributed by atoms with Gasteiger partial charge in [0.1, 0.15) is 11.6 Å². The van der Waals surface area contributed by atoms with Gasteiger partial charge in [0.05, 0.1) is 13.3 Å². The van der Waals surface area contributed by atoms with E-state index in [-0.39, 0.29) is 11.9 Å². The molecule has 2 aromatic rings. The van der Waals surface area contributed by atoms with Gasteiger partial charge in [-0.1, -0.05) is 6.07 Å². The molecule has 0 aliphatic rings. The zero-order valence-electron chi connectivity index (χ0n) is 12.1. The second kappa shape index (κ2) is 6.52. The number of halogens is 1. The number of aryl methyl sites for hydroxylation is 1. The van der Waals surface area contributed by atoms with Crippen LogP contribution in [-0.4, -0.2) is 23.4 Å². The first-order chi connectivity index (χ1) is 9.60. The summed E-state index contributed by atoms with van der Waals surface area (Å²) in [6.07, 6.45) is 4.70. The Labute approximate surface area is 118 Å². The molecule has 1 aromatic heterocycles. The van der Waals surface area contributed by atoms with Crippen molar-refractivity contribution in [2.75, 3.05) is 13.7 Å². The highest BCUT2D eigenvalue weighted by Gasteiger charge is 2.11. The van der Waals surface area contributed by atoms with Crippen molar-refractivity contribution in [1.29, 1.82) is 0 Å². The summed E-state index contributed by atoms with van der Waals surface area (Å²) in [6.45, 7) is 2.73. The molecule has 0 amide bonds. The van der Waals surface area contributed by atoms with E-state index in [0.717, 1.165) is 13.0 Å². The molecule has 2 rings (SSSR count). The molecule has 1 atom stereocenters. The topological polar surface area (TPSA) is 39.1 Å². The second-order valence-corrected chi connectivity index (χ2v) is 4.84. The van der Waals surface area contributed by atoms with Gasteiger partial charge in [-0.3, -0.25) is 4.68 Å². The Morgan fingerprint density at radius 2 is 2.25 bits per heavy atom. The predicted molar refractivity (Wildman–Crippen MR) is 76.3 cm³/mol. The van der Waals surface area contributed by atoms with Gasteiger partial charge in [-0.05, 0) is 31.5 Å². The SMILES string of the molecule is COc1ccc(C(C)NCCc2cnn(C)c2)c(F)c1. The quantitative estimate of drug-likeness (QED) is 0.881. The Morgan fingerprint density at radius 1 is 1.45 bits per heavy atom. The summed E-state index contributed by atoms with van der Waals surface area (Å²) in [7, 11) is 3.43. The molecule has 1 N–H and O–H groups in total. The average molecular weight is 277 g/mol. The van der Waals surface area contributed by atoms with Crippen molar-refractivity contribution in [3.8, 4) is 5.75 Å². The van der Waals surface area contributed by atoms with Gasteiger partial charge >= 0.3 is 0 Å². The van der Waals surface area contributed by atoms with Crippen molar-refractivity contribution in [3.05, 3.63) is 47.5 Å². The molecule has 0 radical (unpaired) electrons. The fourth-order valence-electron chi connectivity index (χ4n) is 2.13. The number of ether oxygens (including phenoxy) is 1. The number of nitrogens with zero attached hydrogens (tertiary/aromatic N) is 2. The number of aromatic nitrogens is 2. The minimum absolute atomic E-state index is 0.0439. The van der Waals surface area contributed by atoms with Gasteiger partial charge in [0.15, 0.2) is 0 Å². The van der Waals surface area contributed by atoms with Crippen LogP contribution in [0.15, 0.2) is 30.6 Å². The van der Waals surface area contributed by atoms with E-state index in [4.69, 9.17) is 4.74 Å². The minimum atomic E-state index is -0.245. The van der Waals surface area contributed by atoms with E-state index >= 15 is 0 Å². The van der Waals surface area contributed by atoms with E-state index < -0.39 is 0 Å². The third kappa shape index (κ3) is 3.57. The van der Waals surface area contributed by atoms with E-state index in [2.05, 4.69) is 10.4 Å². The van der Waals surface area contributed by atoms with E-state index in [1.165, 1.54) is 18.7 Å². The van der Waals surface area contributed by atoms with Gasteiger partial charge in [-0.25, -0.2) is 4.39 Å². The summed E-state index contributed by atoms with van der Waals surface area (Å²) in [5.41, 5.74) is 1.82. The van der Waals surface area contributed by atoms with Crippen LogP contribution in [0.2, 0.25) is 0 Å². The summed E-state index contributed by atoms with van der Waals surface area (Å²) in [5.74, 6) is 0.291. The second-order valence-electron chi connectivity index (χ2n) is 4.84. The van der Waals surface area contributed by atoms with Crippen molar-refractivity contribution < 1.29 is 9.13 Å². The van der Waals surface area contributed by atoms with E-state index in [9.17, 15) is 4.39 Å². The lowest BCUT2D eigenvalue weighted by Gasteiger charge is -2.15. The molecule has 1 aromatic carbocycles. The summed E-state index contributed by atoms with van der Waals surface area (Å²) in [6, 6.07) is 4.90. The van der Waals surface area contributed by atoms with Gasteiger partial charge in [0.2, 0.25) is 0 Å². The van der Waals surface area contributed by atoms with Gasteiger partial charge in [0.25, 0.3) is 0 Å². The molecule has 0 aliphatic carbocycles. The highest BCUT2D eigenvalue weighted by molar-refractivity contribution is 5.30. The standard InChI is InChI=1S/C15H20FN3O/c1-11(14-5-4-13(20-3)8-15(14)16)17-7-6-12-9-18-19(2)10-12/h4-5,8-11,17H,6-7H2,1-3H3. The molecule has 0 saturated carbocycles. The minimum Gasteiger partial charge on any atom is -0.497 e. The monoisotopic (exact) mass is 277 g/mol. The highest BCUT2D eigenvalue weighted by Crippen LogP contribution is 2.21. The molecule has 0 spiro atoms. The normalized spacial score (nSPS) is 12.4. The molecule has 0 bridgehead atoms. The van der Waals surface area contributed by atoms with Crippen LogP contribution in [0.4, 0.5) is 4.39 Å². The number of hydrogen-bond donors (Lipinski definition) is 1. The lowest BCUT2D eigenvalue weighted by molar-refractivity contribution is 0.409. The third-order valence-corrected chi connectivity index (χ3v) is 3.30. The largest absolute Gasteiger partial charge is 0.497 e. The van der Waals surface area contributed by atoms with Crippen LogP contribution in [0.5, 0.6) is 5.75 Å². The van der Waals surface area contributed by atoms with Crippen molar-refractivity contribution in [1.82, 2.24) is 15.1 Å². The summed E-state index contributed by atoms with van der Waals surface area (Å²) in [5, 5.41) is 7.44. The molecule has 20 heavy (non-hydrogen) atoms. The molecule has 5 heteroatoms. The molecule has 4 nitrogen and oxygen atoms in total. The molecule has 1 heterocycles. The van der Waals surface area contributed by atoms with E-state index in [1.54, 1.807) is 16.8 Å². The number of hydrogen-bond acceptors (Lipinski definition) is 3. The lowest BCUT2D eigenvalue weighted by atomic mass is 10.1. The van der Waals surface area contributed by atoms with Gasteiger partial charge in [-0.2, -0.15) is 5.10 Å². The van der Waals surface area contributed by atoms with E-state index in [0.29, 0.717) is 11.3 Å². The smallest absolute Gasteiger partial charge is 0.131 e. The fourth-order valence-corrected chi connectivity index (χ4v) is 2.13. The molecule has 0 fully saturated rings. The first-order valence-corrected chi connectivity index (χ1v) is 6.64. The Hall–Kier alpha value is -1.88. The van der Waals surface area contributed by atoms with Crippen molar-refractivity contribution >= 4 is 0 Å². The first kappa shape index (κ1) is 14.5. The number of rotatable bonds is 6. The predicted octanol–water partition coefficient (Wildman–Crippen LogP) is 2.46. The maximum atomic E-state index is 13.9. The van der Waals surface area contributed by atoms with Crippen LogP contribution < -0.4 is 10.1 Å². The average Bonchev–Trinajstić information content (AvgIpc) is 2.84. The van der Waals surface area contributed by atoms with Crippen molar-refractivity contribution in [3.63, 3.8) is 0 Å². The first-order valence-electron chi connectivity index (χ1n) is 6.64. The molecular weight excluding hydrogens is 257 g/mol. The number of nitrogens with one attached hydrogen (secondary N) is 1. The number of benzene rings is 1. The third-order valence-electron chi connectivity index (χ3n) is 3.30. The summed E-state index contributed by atoms with van der Waals surface area (Å²) < 4.78 is 20.7. The zero-order chi connectivity index (χ0) is 14.5. The Morgan fingerprint density at radius 3 is 2.85 bits per heavy atom. The lowest BCUT2D eigenvalue weighted by Crippen LogP contribution is -2.22. The Balaban J connectivity index is 1.89. The van der Waals surface area contributed by atoms with E-state index in [1.807, 2.05) is 26.4 Å². The van der Waals surface area contributed by atoms with Gasteiger partial charge < -0.3 is 10.1 Å². The maximum absolute atomic E-state index is 13.9. The Bertz CT molecular complexity index is 568. The fraction of sp³-hybridized carbons (Fsp3) is 0.400. The Kier molecular flexibility index (Phi) is 4.74. The molecule has 1 unspecified atom stereocenters. The van der Waals surface area contributed by atoms with Crippen LogP contribution >= 0.6 is 0 Å².